The third-order valence-corrected chi connectivity index (χ3v) is 5.06. The molecule has 0 saturated carbocycles. The van der Waals surface area contributed by atoms with Gasteiger partial charge in [-0.05, 0) is 18.1 Å². The van der Waals surface area contributed by atoms with Crippen molar-refractivity contribution < 1.29 is 14.3 Å². The molecule has 1 aromatic carbocycles. The molecule has 0 radical (unpaired) electrons. The van der Waals surface area contributed by atoms with Gasteiger partial charge in [-0.25, -0.2) is 0 Å². The lowest BCUT2D eigenvalue weighted by Gasteiger charge is -2.32. The number of carbonyl (C=O) groups excluding carboxylic acids is 2. The summed E-state index contributed by atoms with van der Waals surface area (Å²) in [5, 5.41) is 2.27. The number of benzene rings is 1. The minimum Gasteiger partial charge on any atom is -0.492 e. The molecule has 2 aliphatic rings. The summed E-state index contributed by atoms with van der Waals surface area (Å²) in [6, 6.07) is 5.62. The number of hydrogen-bond acceptors (Lipinski definition) is 5. The summed E-state index contributed by atoms with van der Waals surface area (Å²) in [5.74, 6) is 0.445. The van der Waals surface area contributed by atoms with Crippen LogP contribution in [0.25, 0.3) is 0 Å². The summed E-state index contributed by atoms with van der Waals surface area (Å²) in [6.45, 7) is 1.28. The van der Waals surface area contributed by atoms with Crippen LogP contribution in [-0.2, 0) is 16.1 Å². The molecule has 22 heavy (non-hydrogen) atoms. The second kappa shape index (κ2) is 6.76. The van der Waals surface area contributed by atoms with E-state index < -0.39 is 0 Å². The largest absolute Gasteiger partial charge is 0.492 e. The summed E-state index contributed by atoms with van der Waals surface area (Å²) < 4.78 is 6.72. The van der Waals surface area contributed by atoms with E-state index in [0.717, 1.165) is 21.3 Å². The van der Waals surface area contributed by atoms with Crippen molar-refractivity contribution in [3.63, 3.8) is 0 Å². The van der Waals surface area contributed by atoms with Gasteiger partial charge in [0.2, 0.25) is 11.8 Å². The second-order valence-corrected chi connectivity index (χ2v) is 6.94. The molecule has 5 nitrogen and oxygen atoms in total. The lowest BCUT2D eigenvalue weighted by molar-refractivity contribution is -0.137. The van der Waals surface area contributed by atoms with E-state index >= 15 is 0 Å². The summed E-state index contributed by atoms with van der Waals surface area (Å²) in [6.07, 6.45) is 0.918. The molecule has 7 heteroatoms. The number of hydrogen-bond donors (Lipinski definition) is 2. The van der Waals surface area contributed by atoms with Gasteiger partial charge in [0.15, 0.2) is 0 Å². The van der Waals surface area contributed by atoms with Crippen LogP contribution >= 0.6 is 35.2 Å². The number of piperidine rings is 1. The van der Waals surface area contributed by atoms with E-state index in [0.29, 0.717) is 26.0 Å². The van der Waals surface area contributed by atoms with Crippen molar-refractivity contribution in [2.24, 2.45) is 0 Å². The van der Waals surface area contributed by atoms with E-state index in [2.05, 4.69) is 40.5 Å². The number of alkyl halides is 1. The number of nitrogens with one attached hydrogen (secondary N) is 1. The standard InChI is InChI=1S/C15H17IN2O3S/c16-6-7-21-12-3-1-2-9-10(12)8-18(15(9)22)11-4-5-13(19)17-14(11)20/h1-3,11,15,22H,4-8H2,(H,17,19,20). The number of amides is 2. The Balaban J connectivity index is 1.83. The van der Waals surface area contributed by atoms with Crippen LogP contribution in [0, 0.1) is 0 Å². The fourth-order valence-electron chi connectivity index (χ4n) is 3.00. The predicted molar refractivity (Wildman–Crippen MR) is 94.3 cm³/mol. The van der Waals surface area contributed by atoms with Gasteiger partial charge in [-0.2, -0.15) is 12.6 Å². The number of halogens is 1. The quantitative estimate of drug-likeness (QED) is 0.331. The fraction of sp³-hybridized carbons (Fsp3) is 0.467. The highest BCUT2D eigenvalue weighted by molar-refractivity contribution is 14.1. The van der Waals surface area contributed by atoms with Gasteiger partial charge in [0.1, 0.15) is 5.75 Å². The Morgan fingerprint density at radius 1 is 1.41 bits per heavy atom. The molecule has 0 aliphatic carbocycles. The van der Waals surface area contributed by atoms with Gasteiger partial charge in [0, 0.05) is 23.0 Å². The molecule has 3 rings (SSSR count). The van der Waals surface area contributed by atoms with Crippen molar-refractivity contribution in [2.45, 2.75) is 30.8 Å². The normalized spacial score (nSPS) is 25.0. The number of imide groups is 1. The van der Waals surface area contributed by atoms with Crippen LogP contribution in [0.1, 0.15) is 29.3 Å². The zero-order valence-electron chi connectivity index (χ0n) is 11.9. The molecule has 2 aliphatic heterocycles. The van der Waals surface area contributed by atoms with Crippen LogP contribution in [0.3, 0.4) is 0 Å². The van der Waals surface area contributed by atoms with E-state index in [1.54, 1.807) is 0 Å². The average Bonchev–Trinajstić information content (AvgIpc) is 2.83. The Morgan fingerprint density at radius 3 is 2.95 bits per heavy atom. The highest BCUT2D eigenvalue weighted by Gasteiger charge is 2.39. The summed E-state index contributed by atoms with van der Waals surface area (Å²) in [5.41, 5.74) is 2.18. The Bertz CT molecular complexity index is 610. The number of ether oxygens (including phenoxy) is 1. The smallest absolute Gasteiger partial charge is 0.243 e. The van der Waals surface area contributed by atoms with E-state index in [4.69, 9.17) is 4.74 Å². The van der Waals surface area contributed by atoms with E-state index in [-0.39, 0.29) is 23.2 Å². The first-order valence-electron chi connectivity index (χ1n) is 7.20. The van der Waals surface area contributed by atoms with Crippen LogP contribution in [0.5, 0.6) is 5.75 Å². The number of thiol groups is 1. The average molecular weight is 432 g/mol. The van der Waals surface area contributed by atoms with Gasteiger partial charge in [0.05, 0.1) is 18.0 Å². The molecule has 2 heterocycles. The number of fused-ring (bicyclic) bond motifs is 1. The maximum Gasteiger partial charge on any atom is 0.243 e. The van der Waals surface area contributed by atoms with Crippen molar-refractivity contribution >= 4 is 47.0 Å². The molecular formula is C15H17IN2O3S. The molecule has 2 atom stereocenters. The minimum absolute atomic E-state index is 0.151. The van der Waals surface area contributed by atoms with Crippen molar-refractivity contribution in [3.05, 3.63) is 29.3 Å². The predicted octanol–water partition coefficient (Wildman–Crippen LogP) is 2.05. The summed E-state index contributed by atoms with van der Waals surface area (Å²) in [7, 11) is 0. The molecule has 1 fully saturated rings. The Labute approximate surface area is 148 Å². The molecule has 0 aromatic heterocycles. The van der Waals surface area contributed by atoms with Crippen LogP contribution in [0.2, 0.25) is 0 Å². The van der Waals surface area contributed by atoms with E-state index in [9.17, 15) is 9.59 Å². The van der Waals surface area contributed by atoms with Gasteiger partial charge in [0.25, 0.3) is 0 Å². The third kappa shape index (κ3) is 2.98. The monoisotopic (exact) mass is 432 g/mol. The van der Waals surface area contributed by atoms with Gasteiger partial charge in [-0.1, -0.05) is 34.7 Å². The fourth-order valence-corrected chi connectivity index (χ4v) is 3.71. The van der Waals surface area contributed by atoms with Gasteiger partial charge in [-0.15, -0.1) is 0 Å². The molecule has 118 valence electrons. The van der Waals surface area contributed by atoms with Crippen molar-refractivity contribution in [1.82, 2.24) is 10.2 Å². The Hall–Kier alpha value is -0.800. The number of rotatable bonds is 4. The van der Waals surface area contributed by atoms with Crippen molar-refractivity contribution in [1.29, 1.82) is 0 Å². The first-order valence-corrected chi connectivity index (χ1v) is 9.24. The molecule has 0 bridgehead atoms. The van der Waals surface area contributed by atoms with Crippen molar-refractivity contribution in [2.75, 3.05) is 11.0 Å². The van der Waals surface area contributed by atoms with Crippen LogP contribution in [0.15, 0.2) is 18.2 Å². The number of carbonyl (C=O) groups is 2. The topological polar surface area (TPSA) is 58.6 Å². The van der Waals surface area contributed by atoms with E-state index in [1.165, 1.54) is 0 Å². The summed E-state index contributed by atoms with van der Waals surface area (Å²) >= 11 is 6.96. The first kappa shape index (κ1) is 16.1. The SMILES string of the molecule is O=C1CCC(N2Cc3c(OCCI)cccc3C2S)C(=O)N1. The lowest BCUT2D eigenvalue weighted by Crippen LogP contribution is -2.51. The van der Waals surface area contributed by atoms with E-state index in [1.807, 2.05) is 23.1 Å². The number of nitrogens with zero attached hydrogens (tertiary/aromatic N) is 1. The van der Waals surface area contributed by atoms with Crippen LogP contribution < -0.4 is 10.1 Å². The minimum atomic E-state index is -0.315. The Morgan fingerprint density at radius 2 is 2.23 bits per heavy atom. The molecule has 1 saturated heterocycles. The summed E-state index contributed by atoms with van der Waals surface area (Å²) in [4.78, 5) is 25.5. The van der Waals surface area contributed by atoms with Crippen LogP contribution in [-0.4, -0.2) is 33.8 Å². The molecule has 2 amide bonds. The zero-order valence-corrected chi connectivity index (χ0v) is 15.0. The van der Waals surface area contributed by atoms with Gasteiger partial charge >= 0.3 is 0 Å². The van der Waals surface area contributed by atoms with Crippen molar-refractivity contribution in [3.8, 4) is 5.75 Å². The van der Waals surface area contributed by atoms with Crippen LogP contribution in [0.4, 0.5) is 0 Å². The maximum atomic E-state index is 12.1. The zero-order chi connectivity index (χ0) is 15.7. The highest BCUT2D eigenvalue weighted by atomic mass is 127. The molecular weight excluding hydrogens is 415 g/mol. The third-order valence-electron chi connectivity index (χ3n) is 4.05. The molecule has 0 spiro atoms. The van der Waals surface area contributed by atoms with Gasteiger partial charge in [-0.3, -0.25) is 19.8 Å². The highest BCUT2D eigenvalue weighted by Crippen LogP contribution is 2.42. The lowest BCUT2D eigenvalue weighted by atomic mass is 10.0. The maximum absolute atomic E-state index is 12.1. The second-order valence-electron chi connectivity index (χ2n) is 5.37. The van der Waals surface area contributed by atoms with Gasteiger partial charge < -0.3 is 4.74 Å². The Kier molecular flexibility index (Phi) is 4.94. The molecule has 2 unspecified atom stereocenters. The molecule has 1 N–H and O–H groups in total. The first-order chi connectivity index (χ1) is 10.6. The molecule has 1 aromatic rings.